The van der Waals surface area contributed by atoms with Gasteiger partial charge in [-0.2, -0.15) is 0 Å². The van der Waals surface area contributed by atoms with Crippen LogP contribution < -0.4 is 16.9 Å². The fraction of sp³-hybridized carbons (Fsp3) is 0.647. The number of hydrogen-bond acceptors (Lipinski definition) is 8. The van der Waals surface area contributed by atoms with Gasteiger partial charge in [-0.05, 0) is 138 Å². The van der Waals surface area contributed by atoms with E-state index in [9.17, 15) is 0 Å². The van der Waals surface area contributed by atoms with Crippen LogP contribution in [0.25, 0.3) is 0 Å². The fourth-order valence-corrected chi connectivity index (χ4v) is 5.35. The maximum atomic E-state index is 6.03. The van der Waals surface area contributed by atoms with E-state index in [0.29, 0.717) is 6.54 Å². The molecule has 0 saturated carbocycles. The third-order valence-electron chi connectivity index (χ3n) is 10.00. The number of rotatable bonds is 6. The van der Waals surface area contributed by atoms with Crippen LogP contribution in [-0.4, -0.2) is 67.8 Å². The van der Waals surface area contributed by atoms with Crippen molar-refractivity contribution in [2.45, 2.75) is 130 Å². The third-order valence-corrected chi connectivity index (χ3v) is 10.5. The maximum absolute atomic E-state index is 6.03. The summed E-state index contributed by atoms with van der Waals surface area (Å²) >= 11 is 3.39. The minimum atomic E-state index is -0.476. The molecule has 3 saturated heterocycles. The van der Waals surface area contributed by atoms with Gasteiger partial charge in [0.15, 0.2) is 0 Å². The van der Waals surface area contributed by atoms with Gasteiger partial charge in [0.1, 0.15) is 0 Å². The Hall–Kier alpha value is -1.21. The zero-order valence-corrected chi connectivity index (χ0v) is 31.7. The minimum Gasteiger partial charge on any atom is -0.405 e. The molecule has 46 heavy (non-hydrogen) atoms. The molecule has 0 unspecified atom stereocenters. The Morgan fingerprint density at radius 2 is 0.870 bits per heavy atom. The molecule has 4 N–H and O–H groups in total. The van der Waals surface area contributed by atoms with Crippen molar-refractivity contribution in [2.75, 3.05) is 13.1 Å². The normalized spacial score (nSPS) is 23.0. The molecule has 0 aromatic heterocycles. The summed E-state index contributed by atoms with van der Waals surface area (Å²) in [6.45, 7) is 25.9. The predicted molar refractivity (Wildman–Crippen MR) is 194 cm³/mol. The number of nitrogens with two attached hydrogens (primary N) is 2. The van der Waals surface area contributed by atoms with E-state index >= 15 is 0 Å². The lowest BCUT2D eigenvalue weighted by molar-refractivity contribution is 0.00578. The second kappa shape index (κ2) is 14.7. The van der Waals surface area contributed by atoms with Gasteiger partial charge in [-0.1, -0.05) is 52.3 Å². The zero-order chi connectivity index (χ0) is 34.8. The van der Waals surface area contributed by atoms with Crippen molar-refractivity contribution in [1.82, 2.24) is 0 Å². The van der Waals surface area contributed by atoms with Gasteiger partial charge >= 0.3 is 21.1 Å². The Bertz CT molecular complexity index is 1230. The van der Waals surface area contributed by atoms with Crippen molar-refractivity contribution < 1.29 is 27.9 Å². The molecule has 2 aromatic rings. The highest BCUT2D eigenvalue weighted by Gasteiger charge is 2.63. The maximum Gasteiger partial charge on any atom is 0.494 e. The van der Waals surface area contributed by atoms with Crippen molar-refractivity contribution in [3.05, 3.63) is 64.1 Å². The van der Waals surface area contributed by atoms with Gasteiger partial charge in [-0.3, -0.25) is 0 Å². The Kier molecular flexibility index (Phi) is 12.6. The van der Waals surface area contributed by atoms with Crippen LogP contribution >= 0.6 is 15.9 Å². The summed E-state index contributed by atoms with van der Waals surface area (Å²) in [6.07, 6.45) is 1.84. The second-order valence-corrected chi connectivity index (χ2v) is 16.2. The van der Waals surface area contributed by atoms with Crippen LogP contribution in [0.1, 0.15) is 94.2 Å². The van der Waals surface area contributed by atoms with Crippen molar-refractivity contribution in [3.63, 3.8) is 0 Å². The van der Waals surface area contributed by atoms with Crippen molar-refractivity contribution in [1.29, 1.82) is 0 Å². The SMILES string of the molecule is CC1(C)OB(B2OC(C)(C)C(C)(C)O2)OC1(C)C.CC1(C)OB(c2cccc(CCN)c2)OC1(C)C.NCCc1cccc(Br)c1. The van der Waals surface area contributed by atoms with E-state index in [4.69, 9.17) is 39.4 Å². The molecule has 0 amide bonds. The van der Waals surface area contributed by atoms with Gasteiger partial charge < -0.3 is 39.4 Å². The summed E-state index contributed by atoms with van der Waals surface area (Å²) in [7, 11) is -1.24. The first-order valence-electron chi connectivity index (χ1n) is 16.4. The first-order chi connectivity index (χ1) is 21.1. The second-order valence-electron chi connectivity index (χ2n) is 15.3. The van der Waals surface area contributed by atoms with Gasteiger partial charge in [0.25, 0.3) is 0 Å². The predicted octanol–water partition coefficient (Wildman–Crippen LogP) is 5.69. The van der Waals surface area contributed by atoms with Gasteiger partial charge in [0.05, 0.1) is 33.6 Å². The summed E-state index contributed by atoms with van der Waals surface area (Å²) in [6, 6.07) is 16.5. The summed E-state index contributed by atoms with van der Waals surface area (Å²) < 4.78 is 37.0. The van der Waals surface area contributed by atoms with Crippen LogP contribution in [0.15, 0.2) is 53.0 Å². The topological polar surface area (TPSA) is 107 Å². The summed E-state index contributed by atoms with van der Waals surface area (Å²) in [5.41, 5.74) is 12.5. The van der Waals surface area contributed by atoms with Crippen LogP contribution in [0.2, 0.25) is 0 Å². The van der Waals surface area contributed by atoms with Crippen LogP contribution in [0.4, 0.5) is 0 Å². The van der Waals surface area contributed by atoms with Gasteiger partial charge in [0, 0.05) is 4.47 Å². The van der Waals surface area contributed by atoms with Gasteiger partial charge in [-0.15, -0.1) is 0 Å². The summed E-state index contributed by atoms with van der Waals surface area (Å²) in [5, 5.41) is 0. The smallest absolute Gasteiger partial charge is 0.405 e. The highest BCUT2D eigenvalue weighted by Crippen LogP contribution is 2.43. The zero-order valence-electron chi connectivity index (χ0n) is 30.2. The molecular formula is C34H56B3BrN2O6. The Labute approximate surface area is 287 Å². The largest absolute Gasteiger partial charge is 0.494 e. The molecule has 0 aliphatic carbocycles. The molecule has 2 aromatic carbocycles. The highest BCUT2D eigenvalue weighted by molar-refractivity contribution is 9.10. The molecule has 3 aliphatic heterocycles. The van der Waals surface area contributed by atoms with E-state index in [0.717, 1.165) is 29.3 Å². The van der Waals surface area contributed by atoms with E-state index in [-0.39, 0.29) is 40.7 Å². The van der Waals surface area contributed by atoms with Crippen molar-refractivity contribution >= 4 is 42.5 Å². The lowest BCUT2D eigenvalue weighted by atomic mass is 9.49. The molecule has 3 heterocycles. The van der Waals surface area contributed by atoms with Crippen LogP contribution in [0.3, 0.4) is 0 Å². The van der Waals surface area contributed by atoms with Crippen LogP contribution in [-0.2, 0) is 40.8 Å². The highest BCUT2D eigenvalue weighted by atomic mass is 79.9. The molecule has 0 atom stereocenters. The van der Waals surface area contributed by atoms with Crippen molar-refractivity contribution in [2.24, 2.45) is 11.5 Å². The first-order valence-corrected chi connectivity index (χ1v) is 17.2. The quantitative estimate of drug-likeness (QED) is 0.371. The van der Waals surface area contributed by atoms with E-state index in [1.54, 1.807) is 0 Å². The molecule has 0 bridgehead atoms. The molecule has 0 spiro atoms. The molecule has 12 heteroatoms. The molecule has 3 fully saturated rings. The lowest BCUT2D eigenvalue weighted by Gasteiger charge is -2.32. The Morgan fingerprint density at radius 3 is 1.24 bits per heavy atom. The van der Waals surface area contributed by atoms with Crippen LogP contribution in [0.5, 0.6) is 0 Å². The lowest BCUT2D eigenvalue weighted by Crippen LogP contribution is -2.41. The van der Waals surface area contributed by atoms with E-state index in [1.807, 2.05) is 79.7 Å². The third kappa shape index (κ3) is 9.27. The van der Waals surface area contributed by atoms with E-state index < -0.39 is 14.0 Å². The van der Waals surface area contributed by atoms with Gasteiger partial charge in [0.2, 0.25) is 0 Å². The molecular weight excluding hydrogens is 645 g/mol. The first kappa shape index (κ1) is 39.2. The van der Waals surface area contributed by atoms with E-state index in [1.165, 1.54) is 11.1 Å². The number of halogens is 1. The molecule has 3 aliphatic rings. The summed E-state index contributed by atoms with van der Waals surface area (Å²) in [4.78, 5) is 0. The number of benzene rings is 2. The van der Waals surface area contributed by atoms with Crippen LogP contribution in [0, 0.1) is 0 Å². The summed E-state index contributed by atoms with van der Waals surface area (Å²) in [5.74, 6) is 0. The fourth-order valence-electron chi connectivity index (χ4n) is 4.90. The Balaban J connectivity index is 0.000000196. The van der Waals surface area contributed by atoms with E-state index in [2.05, 4.69) is 67.9 Å². The average molecular weight is 701 g/mol. The molecule has 0 radical (unpaired) electrons. The molecule has 254 valence electrons. The van der Waals surface area contributed by atoms with Crippen molar-refractivity contribution in [3.8, 4) is 0 Å². The Morgan fingerprint density at radius 1 is 0.522 bits per heavy atom. The minimum absolute atomic E-state index is 0.285. The number of hydrogen-bond donors (Lipinski definition) is 2. The molecule has 5 rings (SSSR count). The monoisotopic (exact) mass is 700 g/mol. The molecule has 8 nitrogen and oxygen atoms in total. The average Bonchev–Trinajstić information content (AvgIpc) is 3.39. The standard InChI is InChI=1S/C14H22BNO2.C12H24B2O4.C8H10BrN/c1-13(2)14(3,4)18-15(17-13)12-7-5-6-11(10-12)8-9-16;1-9(2)10(3,4)16-13(15-9)14-17-11(5,6)12(7,8)18-14;9-8-3-1-2-7(6-8)4-5-10/h5-7,10H,8-9,16H2,1-4H3;1-8H3;1-3,6H,4-5,10H2. The van der Waals surface area contributed by atoms with Gasteiger partial charge in [-0.25, -0.2) is 0 Å².